The van der Waals surface area contributed by atoms with E-state index in [9.17, 15) is 14.9 Å². The van der Waals surface area contributed by atoms with Crippen molar-refractivity contribution in [3.63, 3.8) is 0 Å². The van der Waals surface area contributed by atoms with E-state index in [4.69, 9.17) is 0 Å². The average Bonchev–Trinajstić information content (AvgIpc) is 2.94. The van der Waals surface area contributed by atoms with Gasteiger partial charge in [-0.2, -0.15) is 0 Å². The number of pyridine rings is 1. The van der Waals surface area contributed by atoms with E-state index >= 15 is 0 Å². The zero-order valence-electron chi connectivity index (χ0n) is 15.0. The van der Waals surface area contributed by atoms with E-state index in [0.29, 0.717) is 11.0 Å². The number of hydrogen-bond acceptors (Lipinski definition) is 4. The summed E-state index contributed by atoms with van der Waals surface area (Å²) in [6.07, 6.45) is 0.943. The van der Waals surface area contributed by atoms with Crippen molar-refractivity contribution in [2.75, 3.05) is 20.6 Å². The van der Waals surface area contributed by atoms with Crippen LogP contribution in [0.5, 0.6) is 0 Å². The molecule has 0 amide bonds. The molecule has 142 valence electrons. The number of benzene rings is 2. The predicted molar refractivity (Wildman–Crippen MR) is 109 cm³/mol. The summed E-state index contributed by atoms with van der Waals surface area (Å²) in [4.78, 5) is 28.0. The van der Waals surface area contributed by atoms with E-state index in [-0.39, 0.29) is 23.5 Å². The van der Waals surface area contributed by atoms with Gasteiger partial charge in [0.2, 0.25) is 0 Å². The van der Waals surface area contributed by atoms with Gasteiger partial charge in [0.15, 0.2) is 5.43 Å². The van der Waals surface area contributed by atoms with E-state index in [0.717, 1.165) is 41.3 Å². The van der Waals surface area contributed by atoms with Crippen LogP contribution in [0.4, 0.5) is 5.69 Å². The van der Waals surface area contributed by atoms with Crippen LogP contribution < -0.4 is 5.43 Å². The topological polar surface area (TPSA) is 100.0 Å². The second kappa shape index (κ2) is 7.05. The standard InChI is InChI=1S/C18H19N5O3.ClH/c1-21(2)8-3-9-22-14-6-7-15(23(25)26)18-16(14)17(20-22)12-5-4-11(24)10-13(12)19-18;/h4-7,10,19-20H,3,8-9H2,1-2H3;1H. The molecule has 0 atom stereocenters. The first-order chi connectivity index (χ1) is 12.5. The predicted octanol–water partition coefficient (Wildman–Crippen LogP) is 3.25. The fraction of sp³-hybridized carbons (Fsp3) is 0.278. The number of nitro benzene ring substituents is 1. The molecule has 0 radical (unpaired) electrons. The van der Waals surface area contributed by atoms with Gasteiger partial charge in [-0.25, -0.2) is 0 Å². The Hall–Kier alpha value is -2.84. The Morgan fingerprint density at radius 1 is 1.19 bits per heavy atom. The van der Waals surface area contributed by atoms with Crippen molar-refractivity contribution in [2.24, 2.45) is 0 Å². The van der Waals surface area contributed by atoms with Crippen LogP contribution in [0.25, 0.3) is 32.8 Å². The molecule has 0 fully saturated rings. The summed E-state index contributed by atoms with van der Waals surface area (Å²) in [5, 5.41) is 16.5. The number of nitrogens with one attached hydrogen (secondary N) is 2. The third-order valence-corrected chi connectivity index (χ3v) is 4.65. The van der Waals surface area contributed by atoms with Crippen LogP contribution in [-0.2, 0) is 6.54 Å². The molecule has 0 aliphatic rings. The first-order valence-electron chi connectivity index (χ1n) is 8.42. The van der Waals surface area contributed by atoms with E-state index < -0.39 is 4.92 Å². The monoisotopic (exact) mass is 389 g/mol. The number of aromatic amines is 2. The van der Waals surface area contributed by atoms with Crippen molar-refractivity contribution in [1.29, 1.82) is 0 Å². The molecule has 0 bridgehead atoms. The lowest BCUT2D eigenvalue weighted by molar-refractivity contribution is -0.383. The van der Waals surface area contributed by atoms with Crippen LogP contribution >= 0.6 is 12.4 Å². The van der Waals surface area contributed by atoms with Crippen molar-refractivity contribution < 1.29 is 4.92 Å². The molecule has 2 heterocycles. The highest BCUT2D eigenvalue weighted by Crippen LogP contribution is 2.35. The van der Waals surface area contributed by atoms with E-state index in [1.54, 1.807) is 12.1 Å². The number of H-pyrrole nitrogens is 2. The lowest BCUT2D eigenvalue weighted by Gasteiger charge is -2.10. The van der Waals surface area contributed by atoms with Crippen LogP contribution in [0, 0.1) is 10.1 Å². The minimum absolute atomic E-state index is 0. The molecule has 0 saturated heterocycles. The Morgan fingerprint density at radius 2 is 1.96 bits per heavy atom. The summed E-state index contributed by atoms with van der Waals surface area (Å²) in [7, 11) is 4.05. The highest BCUT2D eigenvalue weighted by molar-refractivity contribution is 6.18. The first kappa shape index (κ1) is 18.9. The number of aryl methyl sites for hydroxylation is 1. The number of nitro groups is 1. The van der Waals surface area contributed by atoms with Crippen molar-refractivity contribution in [1.82, 2.24) is 19.7 Å². The third kappa shape index (κ3) is 3.17. The zero-order valence-corrected chi connectivity index (χ0v) is 15.8. The molecule has 27 heavy (non-hydrogen) atoms. The Bertz CT molecular complexity index is 1200. The minimum Gasteiger partial charge on any atom is -0.349 e. The number of fused-ring (bicyclic) bond motifs is 2. The van der Waals surface area contributed by atoms with Gasteiger partial charge in [-0.05, 0) is 45.3 Å². The van der Waals surface area contributed by atoms with Crippen LogP contribution in [0.1, 0.15) is 6.42 Å². The second-order valence-electron chi connectivity index (χ2n) is 6.74. The van der Waals surface area contributed by atoms with Crippen LogP contribution in [0.15, 0.2) is 35.1 Å². The number of hydrogen-bond donors (Lipinski definition) is 2. The van der Waals surface area contributed by atoms with Crippen molar-refractivity contribution in [3.8, 4) is 0 Å². The van der Waals surface area contributed by atoms with Crippen LogP contribution in [-0.4, -0.2) is 45.2 Å². The highest BCUT2D eigenvalue weighted by Gasteiger charge is 2.20. The van der Waals surface area contributed by atoms with Gasteiger partial charge in [0.25, 0.3) is 5.69 Å². The van der Waals surface area contributed by atoms with Gasteiger partial charge in [0.1, 0.15) is 5.52 Å². The second-order valence-corrected chi connectivity index (χ2v) is 6.74. The largest absolute Gasteiger partial charge is 0.349 e. The maximum Gasteiger partial charge on any atom is 0.293 e. The number of rotatable bonds is 5. The quantitative estimate of drug-likeness (QED) is 0.311. The zero-order chi connectivity index (χ0) is 18.4. The Balaban J connectivity index is 0.00000210. The molecule has 0 aliphatic heterocycles. The van der Waals surface area contributed by atoms with Crippen LogP contribution in [0.2, 0.25) is 0 Å². The van der Waals surface area contributed by atoms with Gasteiger partial charge < -0.3 is 9.88 Å². The lowest BCUT2D eigenvalue weighted by atomic mass is 10.1. The molecule has 0 unspecified atom stereocenters. The van der Waals surface area contributed by atoms with Crippen molar-refractivity contribution in [2.45, 2.75) is 13.0 Å². The molecule has 8 nitrogen and oxygen atoms in total. The molecular formula is C18H20ClN5O3. The molecule has 4 aromatic rings. The third-order valence-electron chi connectivity index (χ3n) is 4.65. The molecule has 2 aromatic heterocycles. The maximum atomic E-state index is 11.7. The smallest absolute Gasteiger partial charge is 0.293 e. The summed E-state index contributed by atoms with van der Waals surface area (Å²) in [6.45, 7) is 1.71. The lowest BCUT2D eigenvalue weighted by Crippen LogP contribution is -2.15. The summed E-state index contributed by atoms with van der Waals surface area (Å²) in [5.74, 6) is 0. The Kier molecular flexibility index (Phi) is 4.95. The minimum atomic E-state index is -0.402. The Labute approximate surface area is 160 Å². The SMILES string of the molecule is CN(C)CCCn1[nH]c2c3ccc(=O)cc3[nH]c3c([N+](=O)[O-])ccc1c32.Cl. The Morgan fingerprint density at radius 3 is 2.67 bits per heavy atom. The molecule has 4 rings (SSSR count). The van der Waals surface area contributed by atoms with Crippen molar-refractivity contribution >= 4 is 50.9 Å². The summed E-state index contributed by atoms with van der Waals surface area (Å²) in [6, 6.07) is 8.02. The average molecular weight is 390 g/mol. The molecule has 2 aromatic carbocycles. The van der Waals surface area contributed by atoms with E-state index in [1.165, 1.54) is 18.2 Å². The van der Waals surface area contributed by atoms with Gasteiger partial charge in [0, 0.05) is 24.1 Å². The fourth-order valence-corrected chi connectivity index (χ4v) is 3.48. The van der Waals surface area contributed by atoms with Gasteiger partial charge in [0.05, 0.1) is 26.9 Å². The molecule has 0 saturated carbocycles. The highest BCUT2D eigenvalue weighted by atomic mass is 35.5. The molecule has 2 N–H and O–H groups in total. The van der Waals surface area contributed by atoms with Gasteiger partial charge in [-0.3, -0.25) is 24.7 Å². The van der Waals surface area contributed by atoms with Gasteiger partial charge >= 0.3 is 0 Å². The van der Waals surface area contributed by atoms with E-state index in [1.807, 2.05) is 18.8 Å². The number of non-ortho nitro benzene ring substituents is 1. The number of nitrogens with zero attached hydrogens (tertiary/aromatic N) is 3. The summed E-state index contributed by atoms with van der Waals surface area (Å²) >= 11 is 0. The van der Waals surface area contributed by atoms with Crippen molar-refractivity contribution in [3.05, 3.63) is 50.7 Å². The molecular weight excluding hydrogens is 370 g/mol. The molecule has 9 heteroatoms. The van der Waals surface area contributed by atoms with E-state index in [2.05, 4.69) is 15.0 Å². The number of halogens is 1. The first-order valence-corrected chi connectivity index (χ1v) is 8.42. The van der Waals surface area contributed by atoms with Gasteiger partial charge in [-0.1, -0.05) is 0 Å². The number of aromatic nitrogens is 3. The normalized spacial score (nSPS) is 11.5. The van der Waals surface area contributed by atoms with Crippen LogP contribution in [0.3, 0.4) is 0 Å². The summed E-state index contributed by atoms with van der Waals surface area (Å²) < 4.78 is 2.02. The molecule has 0 spiro atoms. The van der Waals surface area contributed by atoms with Gasteiger partial charge in [-0.15, -0.1) is 12.4 Å². The maximum absolute atomic E-state index is 11.7. The molecule has 0 aliphatic carbocycles. The summed E-state index contributed by atoms with van der Waals surface area (Å²) in [5.41, 5.74) is 2.59. The fourth-order valence-electron chi connectivity index (χ4n) is 3.48.